The maximum absolute atomic E-state index is 11.9. The second-order valence-corrected chi connectivity index (χ2v) is 4.38. The Morgan fingerprint density at radius 1 is 1.20 bits per heavy atom. The molecular weight excluding hydrogens is 275 g/mol. The van der Waals surface area contributed by atoms with Crippen LogP contribution in [0.25, 0.3) is 0 Å². The predicted molar refractivity (Wildman–Crippen MR) is 67.6 cm³/mol. The van der Waals surface area contributed by atoms with E-state index in [2.05, 4.69) is 10.3 Å². The maximum atomic E-state index is 11.9. The van der Waals surface area contributed by atoms with Crippen LogP contribution < -0.4 is 15.0 Å². The minimum absolute atomic E-state index is 0.00277. The van der Waals surface area contributed by atoms with E-state index < -0.39 is 12.8 Å². The fourth-order valence-corrected chi connectivity index (χ4v) is 1.44. The van der Waals surface area contributed by atoms with Gasteiger partial charge in [0.15, 0.2) is 18.1 Å². The lowest BCUT2D eigenvalue weighted by Gasteiger charge is -2.15. The van der Waals surface area contributed by atoms with Crippen molar-refractivity contribution < 1.29 is 27.5 Å². The average Bonchev–Trinajstić information content (AvgIpc) is 2.34. The minimum Gasteiger partial charge on any atom is -0.493 e. The number of rotatable bonds is 7. The SMILES string of the molecule is COc1cc(CNOCC(F)(F)F)ccc1OC(C)C. The normalized spacial score (nSPS) is 11.8. The van der Waals surface area contributed by atoms with Crippen LogP contribution in [0.5, 0.6) is 11.5 Å². The summed E-state index contributed by atoms with van der Waals surface area (Å²) >= 11 is 0. The fourth-order valence-electron chi connectivity index (χ4n) is 1.44. The Balaban J connectivity index is 2.55. The predicted octanol–water partition coefficient (Wildman–Crippen LogP) is 3.07. The third-order valence-corrected chi connectivity index (χ3v) is 2.20. The number of hydrogen-bond acceptors (Lipinski definition) is 4. The van der Waals surface area contributed by atoms with Crippen molar-refractivity contribution >= 4 is 0 Å². The molecule has 1 aromatic carbocycles. The summed E-state index contributed by atoms with van der Waals surface area (Å²) in [4.78, 5) is 4.32. The molecule has 0 saturated heterocycles. The van der Waals surface area contributed by atoms with Crippen LogP contribution in [0.2, 0.25) is 0 Å². The van der Waals surface area contributed by atoms with E-state index in [0.717, 1.165) is 5.56 Å². The number of alkyl halides is 3. The van der Waals surface area contributed by atoms with Gasteiger partial charge in [0.2, 0.25) is 0 Å². The van der Waals surface area contributed by atoms with Crippen molar-refractivity contribution in [3.05, 3.63) is 23.8 Å². The second kappa shape index (κ2) is 7.35. The summed E-state index contributed by atoms with van der Waals surface area (Å²) < 4.78 is 46.3. The van der Waals surface area contributed by atoms with Gasteiger partial charge < -0.3 is 9.47 Å². The molecule has 0 aliphatic rings. The first-order valence-electron chi connectivity index (χ1n) is 6.07. The first-order valence-corrected chi connectivity index (χ1v) is 6.07. The van der Waals surface area contributed by atoms with Gasteiger partial charge in [0, 0.05) is 6.54 Å². The monoisotopic (exact) mass is 293 g/mol. The molecule has 0 unspecified atom stereocenters. The lowest BCUT2D eigenvalue weighted by molar-refractivity contribution is -0.190. The van der Waals surface area contributed by atoms with Crippen LogP contribution in [-0.4, -0.2) is 26.0 Å². The standard InChI is InChI=1S/C13H18F3NO3/c1-9(2)20-11-5-4-10(6-12(11)18-3)7-17-19-8-13(14,15)16/h4-6,9,17H,7-8H2,1-3H3. The molecule has 0 aliphatic heterocycles. The van der Waals surface area contributed by atoms with Gasteiger partial charge >= 0.3 is 6.18 Å². The Morgan fingerprint density at radius 3 is 2.45 bits per heavy atom. The van der Waals surface area contributed by atoms with Crippen LogP contribution in [-0.2, 0) is 11.4 Å². The Kier molecular flexibility index (Phi) is 6.09. The number of halogens is 3. The Bertz CT molecular complexity index is 422. The van der Waals surface area contributed by atoms with E-state index in [1.54, 1.807) is 18.2 Å². The highest BCUT2D eigenvalue weighted by Crippen LogP contribution is 2.28. The van der Waals surface area contributed by atoms with Gasteiger partial charge in [-0.1, -0.05) is 6.07 Å². The van der Waals surface area contributed by atoms with E-state index in [1.165, 1.54) is 7.11 Å². The van der Waals surface area contributed by atoms with E-state index in [4.69, 9.17) is 9.47 Å². The molecule has 1 aromatic rings. The molecular formula is C13H18F3NO3. The third kappa shape index (κ3) is 6.12. The molecule has 20 heavy (non-hydrogen) atoms. The van der Waals surface area contributed by atoms with Crippen LogP contribution in [0.1, 0.15) is 19.4 Å². The van der Waals surface area contributed by atoms with Gasteiger partial charge in [0.05, 0.1) is 13.2 Å². The van der Waals surface area contributed by atoms with Crippen LogP contribution in [0.3, 0.4) is 0 Å². The van der Waals surface area contributed by atoms with E-state index >= 15 is 0 Å². The Hall–Kier alpha value is -1.47. The lowest BCUT2D eigenvalue weighted by Crippen LogP contribution is -2.24. The van der Waals surface area contributed by atoms with Gasteiger partial charge in [-0.05, 0) is 31.5 Å². The Morgan fingerprint density at radius 2 is 1.90 bits per heavy atom. The number of nitrogens with one attached hydrogen (secondary N) is 1. The van der Waals surface area contributed by atoms with E-state index in [9.17, 15) is 13.2 Å². The summed E-state index contributed by atoms with van der Waals surface area (Å²) in [5, 5.41) is 0. The zero-order valence-electron chi connectivity index (χ0n) is 11.6. The Labute approximate surface area is 115 Å². The van der Waals surface area contributed by atoms with Crippen LogP contribution in [0.15, 0.2) is 18.2 Å². The maximum Gasteiger partial charge on any atom is 0.413 e. The molecule has 7 heteroatoms. The van der Waals surface area contributed by atoms with Gasteiger partial charge in [-0.25, -0.2) is 0 Å². The topological polar surface area (TPSA) is 39.7 Å². The fraction of sp³-hybridized carbons (Fsp3) is 0.538. The molecule has 0 aliphatic carbocycles. The summed E-state index contributed by atoms with van der Waals surface area (Å²) in [6.07, 6.45) is -4.34. The second-order valence-electron chi connectivity index (χ2n) is 4.38. The molecule has 0 radical (unpaired) electrons. The van der Waals surface area contributed by atoms with Crippen molar-refractivity contribution in [1.82, 2.24) is 5.48 Å². The van der Waals surface area contributed by atoms with Crippen LogP contribution in [0.4, 0.5) is 13.2 Å². The van der Waals surface area contributed by atoms with Gasteiger partial charge in [0.1, 0.15) is 0 Å². The molecule has 0 saturated carbocycles. The highest BCUT2D eigenvalue weighted by molar-refractivity contribution is 5.43. The molecule has 0 aromatic heterocycles. The molecule has 0 fully saturated rings. The molecule has 1 N–H and O–H groups in total. The molecule has 0 atom stereocenters. The largest absolute Gasteiger partial charge is 0.493 e. The highest BCUT2D eigenvalue weighted by atomic mass is 19.4. The number of hydroxylamine groups is 1. The van der Waals surface area contributed by atoms with Gasteiger partial charge in [-0.3, -0.25) is 4.84 Å². The van der Waals surface area contributed by atoms with Crippen molar-refractivity contribution in [2.75, 3.05) is 13.7 Å². The van der Waals surface area contributed by atoms with Gasteiger partial charge in [0.25, 0.3) is 0 Å². The van der Waals surface area contributed by atoms with Gasteiger partial charge in [-0.15, -0.1) is 0 Å². The lowest BCUT2D eigenvalue weighted by atomic mass is 10.2. The average molecular weight is 293 g/mol. The first-order chi connectivity index (χ1) is 9.31. The van der Waals surface area contributed by atoms with Crippen molar-refractivity contribution in [1.29, 1.82) is 0 Å². The molecule has 0 heterocycles. The molecule has 0 bridgehead atoms. The van der Waals surface area contributed by atoms with E-state index in [-0.39, 0.29) is 12.6 Å². The molecule has 0 amide bonds. The van der Waals surface area contributed by atoms with Crippen LogP contribution >= 0.6 is 0 Å². The molecule has 114 valence electrons. The summed E-state index contributed by atoms with van der Waals surface area (Å²) in [5.74, 6) is 1.11. The highest BCUT2D eigenvalue weighted by Gasteiger charge is 2.27. The summed E-state index contributed by atoms with van der Waals surface area (Å²) in [6.45, 7) is 2.58. The zero-order valence-corrected chi connectivity index (χ0v) is 11.6. The number of hydrogen-bond donors (Lipinski definition) is 1. The number of benzene rings is 1. The minimum atomic E-state index is -4.35. The van der Waals surface area contributed by atoms with Crippen molar-refractivity contribution in [2.24, 2.45) is 0 Å². The number of methoxy groups -OCH3 is 1. The summed E-state index contributed by atoms with van der Waals surface area (Å²) in [7, 11) is 1.50. The van der Waals surface area contributed by atoms with E-state index in [1.807, 2.05) is 13.8 Å². The molecule has 0 spiro atoms. The summed E-state index contributed by atoms with van der Waals surface area (Å²) in [5.41, 5.74) is 2.98. The quantitative estimate of drug-likeness (QED) is 0.619. The van der Waals surface area contributed by atoms with Crippen molar-refractivity contribution in [3.8, 4) is 11.5 Å². The molecule has 1 rings (SSSR count). The smallest absolute Gasteiger partial charge is 0.413 e. The van der Waals surface area contributed by atoms with Crippen molar-refractivity contribution in [3.63, 3.8) is 0 Å². The molecule has 4 nitrogen and oxygen atoms in total. The van der Waals surface area contributed by atoms with Crippen molar-refractivity contribution in [2.45, 2.75) is 32.7 Å². The number of ether oxygens (including phenoxy) is 2. The van der Waals surface area contributed by atoms with Gasteiger partial charge in [-0.2, -0.15) is 18.7 Å². The zero-order chi connectivity index (χ0) is 15.2. The van der Waals surface area contributed by atoms with Crippen LogP contribution in [0, 0.1) is 0 Å². The third-order valence-electron chi connectivity index (χ3n) is 2.20. The summed E-state index contributed by atoms with van der Waals surface area (Å²) in [6, 6.07) is 5.12. The first kappa shape index (κ1) is 16.6. The van der Waals surface area contributed by atoms with E-state index in [0.29, 0.717) is 11.5 Å².